The lowest BCUT2D eigenvalue weighted by atomic mass is 10.4. The summed E-state index contributed by atoms with van der Waals surface area (Å²) in [4.78, 5) is 0.254. The summed E-state index contributed by atoms with van der Waals surface area (Å²) in [7, 11) is -1.41. The molecule has 0 radical (unpaired) electrons. The molecule has 0 aliphatic rings. The summed E-state index contributed by atoms with van der Waals surface area (Å²) in [6.07, 6.45) is 0. The normalized spacial score (nSPS) is 12.9. The molecule has 0 atom stereocenters. The first kappa shape index (κ1) is 12.6. The minimum absolute atomic E-state index is 0.0645. The Morgan fingerprint density at radius 3 is 1.80 bits per heavy atom. The van der Waals surface area contributed by atoms with Crippen molar-refractivity contribution in [1.82, 2.24) is 0 Å². The van der Waals surface area contributed by atoms with Crippen LogP contribution in [0.25, 0.3) is 0 Å². The first-order valence-electron chi connectivity index (χ1n) is 4.55. The van der Waals surface area contributed by atoms with E-state index in [1.54, 1.807) is 24.3 Å². The quantitative estimate of drug-likeness (QED) is 0.567. The first-order chi connectivity index (χ1) is 6.68. The summed E-state index contributed by atoms with van der Waals surface area (Å²) in [5.74, 6) is 0. The minimum atomic E-state index is -4.19. The lowest BCUT2D eigenvalue weighted by Crippen LogP contribution is -2.37. The predicted octanol–water partition coefficient (Wildman–Crippen LogP) is 3.84. The first-order valence-corrected chi connectivity index (χ1v) is 8.86. The third-order valence-corrected chi connectivity index (χ3v) is 4.76. The molecule has 0 bridgehead atoms. The summed E-state index contributed by atoms with van der Waals surface area (Å²) in [6, 6.07) is 6.71. The highest BCUT2D eigenvalue weighted by Crippen LogP contribution is 2.36. The molecule has 0 aliphatic carbocycles. The molecule has 0 saturated heterocycles. The van der Waals surface area contributed by atoms with Crippen molar-refractivity contribution in [3.05, 3.63) is 24.3 Å². The molecule has 15 heavy (non-hydrogen) atoms. The van der Waals surface area contributed by atoms with Gasteiger partial charge in [-0.05, 0) is 23.9 Å². The average molecular weight is 250 g/mol. The van der Waals surface area contributed by atoms with Crippen molar-refractivity contribution in [1.29, 1.82) is 0 Å². The van der Waals surface area contributed by atoms with Crippen molar-refractivity contribution in [2.75, 3.05) is 0 Å². The second-order valence-corrected chi connectivity index (χ2v) is 10.5. The van der Waals surface area contributed by atoms with Gasteiger partial charge in [0, 0.05) is 4.90 Å². The molecule has 5 heteroatoms. The van der Waals surface area contributed by atoms with Crippen molar-refractivity contribution < 1.29 is 13.2 Å². The summed E-state index contributed by atoms with van der Waals surface area (Å²) >= 11 is -0.0645. The Labute approximate surface area is 92.9 Å². The van der Waals surface area contributed by atoms with Gasteiger partial charge in [0.15, 0.2) is 0 Å². The lowest BCUT2D eigenvalue weighted by Gasteiger charge is -2.16. The lowest BCUT2D eigenvalue weighted by molar-refractivity contribution is -0.0328. The number of benzene rings is 1. The van der Waals surface area contributed by atoms with Crippen molar-refractivity contribution in [3.8, 4) is 0 Å². The van der Waals surface area contributed by atoms with Crippen LogP contribution in [-0.4, -0.2) is 13.6 Å². The maximum absolute atomic E-state index is 12.0. The van der Waals surface area contributed by atoms with E-state index in [1.165, 1.54) is 5.19 Å². The zero-order chi connectivity index (χ0) is 11.7. The second-order valence-electron chi connectivity index (χ2n) is 4.32. The van der Waals surface area contributed by atoms with Gasteiger partial charge in [-0.1, -0.05) is 37.0 Å². The molecule has 0 nitrogen and oxygen atoms in total. The molecule has 1 aromatic carbocycles. The van der Waals surface area contributed by atoms with Gasteiger partial charge in [0.2, 0.25) is 0 Å². The van der Waals surface area contributed by atoms with Crippen LogP contribution >= 0.6 is 11.8 Å². The summed E-state index contributed by atoms with van der Waals surface area (Å²) in [5, 5.41) is 1.18. The fourth-order valence-electron chi connectivity index (χ4n) is 1.16. The van der Waals surface area contributed by atoms with E-state index in [-0.39, 0.29) is 16.7 Å². The number of hydrogen-bond donors (Lipinski definition) is 0. The van der Waals surface area contributed by atoms with E-state index in [1.807, 2.05) is 0 Å². The van der Waals surface area contributed by atoms with Gasteiger partial charge in [-0.25, -0.2) is 0 Å². The van der Waals surface area contributed by atoms with Crippen LogP contribution in [-0.2, 0) is 0 Å². The molecule has 0 fully saturated rings. The topological polar surface area (TPSA) is 0 Å². The largest absolute Gasteiger partial charge is 0.446 e. The number of halogens is 3. The molecule has 0 saturated carbocycles. The minimum Gasteiger partial charge on any atom is -0.160 e. The third-order valence-electron chi connectivity index (χ3n) is 1.95. The summed E-state index contributed by atoms with van der Waals surface area (Å²) in [6.45, 7) is 6.50. The van der Waals surface area contributed by atoms with Gasteiger partial charge in [0.1, 0.15) is 0 Å². The van der Waals surface area contributed by atoms with Gasteiger partial charge in [-0.2, -0.15) is 13.2 Å². The van der Waals surface area contributed by atoms with E-state index in [0.29, 0.717) is 0 Å². The van der Waals surface area contributed by atoms with Crippen LogP contribution < -0.4 is 5.19 Å². The third kappa shape index (κ3) is 4.30. The highest BCUT2D eigenvalue weighted by molar-refractivity contribution is 8.00. The van der Waals surface area contributed by atoms with Crippen LogP contribution in [0.5, 0.6) is 0 Å². The van der Waals surface area contributed by atoms with Crippen LogP contribution in [0, 0.1) is 0 Å². The van der Waals surface area contributed by atoms with E-state index in [2.05, 4.69) is 19.6 Å². The fraction of sp³-hybridized carbons (Fsp3) is 0.400. The number of hydrogen-bond acceptors (Lipinski definition) is 1. The molecule has 84 valence electrons. The molecule has 0 heterocycles. The maximum Gasteiger partial charge on any atom is 0.446 e. The van der Waals surface area contributed by atoms with Crippen LogP contribution in [0.1, 0.15) is 0 Å². The highest BCUT2D eigenvalue weighted by Gasteiger charge is 2.29. The van der Waals surface area contributed by atoms with Gasteiger partial charge in [0.25, 0.3) is 0 Å². The van der Waals surface area contributed by atoms with Gasteiger partial charge >= 0.3 is 5.51 Å². The van der Waals surface area contributed by atoms with E-state index in [0.717, 1.165) is 0 Å². The Balaban J connectivity index is 2.82. The maximum atomic E-state index is 12.0. The smallest absolute Gasteiger partial charge is 0.160 e. The second kappa shape index (κ2) is 4.21. The van der Waals surface area contributed by atoms with E-state index in [9.17, 15) is 13.2 Å². The average Bonchev–Trinajstić information content (AvgIpc) is 2.00. The summed E-state index contributed by atoms with van der Waals surface area (Å²) in [5.41, 5.74) is -4.19. The van der Waals surface area contributed by atoms with Crippen LogP contribution in [0.4, 0.5) is 13.2 Å². The number of rotatable bonds is 2. The predicted molar refractivity (Wildman–Crippen MR) is 61.3 cm³/mol. The van der Waals surface area contributed by atoms with Crippen molar-refractivity contribution in [2.24, 2.45) is 0 Å². The molecule has 0 spiro atoms. The van der Waals surface area contributed by atoms with E-state index >= 15 is 0 Å². The van der Waals surface area contributed by atoms with Crippen molar-refractivity contribution >= 4 is 25.0 Å². The number of alkyl halides is 3. The Hall–Kier alpha value is -0.423. The fourth-order valence-corrected chi connectivity index (χ4v) is 2.86. The Morgan fingerprint density at radius 1 is 1.00 bits per heavy atom. The molecule has 1 rings (SSSR count). The SMILES string of the molecule is C[Si](C)(C)c1ccc(SC(F)(F)F)cc1. The summed E-state index contributed by atoms with van der Waals surface area (Å²) < 4.78 is 36.1. The van der Waals surface area contributed by atoms with Gasteiger partial charge in [-0.15, -0.1) is 0 Å². The van der Waals surface area contributed by atoms with Gasteiger partial charge in [-0.3, -0.25) is 0 Å². The molecule has 0 aliphatic heterocycles. The van der Waals surface area contributed by atoms with Crippen LogP contribution in [0.2, 0.25) is 19.6 Å². The van der Waals surface area contributed by atoms with Gasteiger partial charge < -0.3 is 0 Å². The van der Waals surface area contributed by atoms with Crippen molar-refractivity contribution in [3.63, 3.8) is 0 Å². The molecule has 0 aromatic heterocycles. The van der Waals surface area contributed by atoms with E-state index < -0.39 is 13.6 Å². The molecule has 0 amide bonds. The van der Waals surface area contributed by atoms with Crippen LogP contribution in [0.15, 0.2) is 29.2 Å². The zero-order valence-corrected chi connectivity index (χ0v) is 10.7. The molecule has 0 N–H and O–H groups in total. The van der Waals surface area contributed by atoms with Gasteiger partial charge in [0.05, 0.1) is 8.07 Å². The van der Waals surface area contributed by atoms with Crippen LogP contribution in [0.3, 0.4) is 0 Å². The molecular weight excluding hydrogens is 237 g/mol. The monoisotopic (exact) mass is 250 g/mol. The Morgan fingerprint density at radius 2 is 1.47 bits per heavy atom. The molecular formula is C10H13F3SSi. The zero-order valence-electron chi connectivity index (χ0n) is 8.85. The number of thioether (sulfide) groups is 1. The Kier molecular flexibility index (Phi) is 3.55. The van der Waals surface area contributed by atoms with E-state index in [4.69, 9.17) is 0 Å². The van der Waals surface area contributed by atoms with Crippen molar-refractivity contribution in [2.45, 2.75) is 30.0 Å². The standard InChI is InChI=1S/C10H13F3SSi/c1-15(2,3)9-6-4-8(5-7-9)14-10(11,12)13/h4-7H,1-3H3. The Bertz CT molecular complexity index is 324. The molecule has 1 aromatic rings. The molecule has 0 unspecified atom stereocenters. The highest BCUT2D eigenvalue weighted by atomic mass is 32.2.